The van der Waals surface area contributed by atoms with Crippen molar-refractivity contribution in [3.8, 4) is 5.75 Å². The first kappa shape index (κ1) is 13.1. The van der Waals surface area contributed by atoms with Gasteiger partial charge in [-0.2, -0.15) is 0 Å². The molecule has 1 amide bonds. The molecule has 3 heterocycles. The van der Waals surface area contributed by atoms with Crippen LogP contribution >= 0.6 is 11.3 Å². The maximum atomic E-state index is 12.2. The number of nitrogens with zero attached hydrogens (tertiary/aromatic N) is 2. The zero-order chi connectivity index (χ0) is 13.8. The topological polar surface area (TPSA) is 42.4 Å². The number of likely N-dealkylation sites (tertiary alicyclic amines) is 1. The second-order valence-electron chi connectivity index (χ2n) is 4.78. The van der Waals surface area contributed by atoms with E-state index in [1.165, 1.54) is 11.3 Å². The van der Waals surface area contributed by atoms with Gasteiger partial charge in [0.15, 0.2) is 0 Å². The average molecular weight is 288 g/mol. The smallest absolute Gasteiger partial charge is 0.263 e. The highest BCUT2D eigenvalue weighted by molar-refractivity contribution is 7.12. The van der Waals surface area contributed by atoms with Crippen LogP contribution in [0.5, 0.6) is 5.75 Å². The highest BCUT2D eigenvalue weighted by Gasteiger charge is 2.25. The number of hydrogen-bond donors (Lipinski definition) is 0. The first-order chi connectivity index (χ1) is 9.83. The van der Waals surface area contributed by atoms with Gasteiger partial charge in [0.05, 0.1) is 11.1 Å². The van der Waals surface area contributed by atoms with Gasteiger partial charge in [-0.1, -0.05) is 6.07 Å². The molecule has 1 saturated heterocycles. The van der Waals surface area contributed by atoms with Crippen molar-refractivity contribution in [1.82, 2.24) is 9.88 Å². The van der Waals surface area contributed by atoms with Crippen LogP contribution < -0.4 is 4.74 Å². The van der Waals surface area contributed by atoms with Crippen LogP contribution in [0, 0.1) is 0 Å². The summed E-state index contributed by atoms with van der Waals surface area (Å²) in [4.78, 5) is 19.0. The number of thiophene rings is 1. The molecular formula is C15H16N2O2S. The van der Waals surface area contributed by atoms with Crippen LogP contribution in [0.4, 0.5) is 0 Å². The lowest BCUT2D eigenvalue weighted by molar-refractivity contribution is 0.0599. The molecule has 1 fully saturated rings. The Balaban J connectivity index is 1.53. The van der Waals surface area contributed by atoms with Crippen LogP contribution in [0.15, 0.2) is 42.0 Å². The molecular weight excluding hydrogens is 272 g/mol. The fourth-order valence-corrected chi connectivity index (χ4v) is 3.03. The molecule has 0 aliphatic carbocycles. The predicted octanol–water partition coefficient (Wildman–Crippen LogP) is 2.83. The van der Waals surface area contributed by atoms with Crippen molar-refractivity contribution in [3.05, 3.63) is 46.9 Å². The Morgan fingerprint density at radius 1 is 1.30 bits per heavy atom. The molecule has 2 aromatic heterocycles. The van der Waals surface area contributed by atoms with Crippen molar-refractivity contribution in [2.75, 3.05) is 13.1 Å². The van der Waals surface area contributed by atoms with Gasteiger partial charge in [0.2, 0.25) is 0 Å². The lowest BCUT2D eigenvalue weighted by Crippen LogP contribution is -2.41. The first-order valence-corrected chi connectivity index (χ1v) is 7.60. The van der Waals surface area contributed by atoms with Gasteiger partial charge in [-0.25, -0.2) is 0 Å². The number of rotatable bonds is 3. The summed E-state index contributed by atoms with van der Waals surface area (Å²) in [5, 5.41) is 1.94. The quantitative estimate of drug-likeness (QED) is 0.872. The molecule has 0 N–H and O–H groups in total. The third-order valence-electron chi connectivity index (χ3n) is 3.40. The van der Waals surface area contributed by atoms with E-state index in [-0.39, 0.29) is 12.0 Å². The molecule has 2 aromatic rings. The lowest BCUT2D eigenvalue weighted by atomic mass is 10.1. The normalized spacial score (nSPS) is 16.1. The minimum Gasteiger partial charge on any atom is -0.489 e. The van der Waals surface area contributed by atoms with E-state index in [1.807, 2.05) is 34.5 Å². The summed E-state index contributed by atoms with van der Waals surface area (Å²) in [6.07, 6.45) is 5.36. The number of hydrogen-bond acceptors (Lipinski definition) is 4. The average Bonchev–Trinajstić information content (AvgIpc) is 3.03. The summed E-state index contributed by atoms with van der Waals surface area (Å²) in [7, 11) is 0. The third-order valence-corrected chi connectivity index (χ3v) is 4.26. The number of amides is 1. The zero-order valence-corrected chi connectivity index (χ0v) is 11.9. The SMILES string of the molecule is O=C(c1cccs1)N1CCC(Oc2cccnc2)CC1. The molecule has 1 aliphatic rings. The Morgan fingerprint density at radius 2 is 2.15 bits per heavy atom. The fourth-order valence-electron chi connectivity index (χ4n) is 2.34. The summed E-state index contributed by atoms with van der Waals surface area (Å²) < 4.78 is 5.88. The van der Waals surface area contributed by atoms with Gasteiger partial charge in [-0.15, -0.1) is 11.3 Å². The number of carbonyl (C=O) groups is 1. The summed E-state index contributed by atoms with van der Waals surface area (Å²) in [5.41, 5.74) is 0. The molecule has 0 saturated carbocycles. The minimum atomic E-state index is 0.139. The molecule has 20 heavy (non-hydrogen) atoms. The van der Waals surface area contributed by atoms with Crippen molar-refractivity contribution in [2.45, 2.75) is 18.9 Å². The van der Waals surface area contributed by atoms with Gasteiger partial charge in [-0.3, -0.25) is 9.78 Å². The van der Waals surface area contributed by atoms with E-state index in [9.17, 15) is 4.79 Å². The number of carbonyl (C=O) groups excluding carboxylic acids is 1. The molecule has 0 unspecified atom stereocenters. The van der Waals surface area contributed by atoms with Crippen LogP contribution in [-0.2, 0) is 0 Å². The summed E-state index contributed by atoms with van der Waals surface area (Å²) in [6.45, 7) is 1.50. The van der Waals surface area contributed by atoms with Gasteiger partial charge in [-0.05, 0) is 23.6 Å². The Bertz CT molecular complexity index is 549. The number of ether oxygens (including phenoxy) is 1. The van der Waals surface area contributed by atoms with Crippen molar-refractivity contribution >= 4 is 17.2 Å². The molecule has 3 rings (SSSR count). The predicted molar refractivity (Wildman–Crippen MR) is 78.1 cm³/mol. The van der Waals surface area contributed by atoms with Crippen LogP contribution in [-0.4, -0.2) is 35.0 Å². The van der Waals surface area contributed by atoms with Gasteiger partial charge < -0.3 is 9.64 Å². The van der Waals surface area contributed by atoms with Gasteiger partial charge in [0.1, 0.15) is 11.9 Å². The largest absolute Gasteiger partial charge is 0.489 e. The maximum Gasteiger partial charge on any atom is 0.263 e. The second-order valence-corrected chi connectivity index (χ2v) is 5.72. The molecule has 0 spiro atoms. The molecule has 0 radical (unpaired) electrons. The Morgan fingerprint density at radius 3 is 2.80 bits per heavy atom. The monoisotopic (exact) mass is 288 g/mol. The van der Waals surface area contributed by atoms with Crippen molar-refractivity contribution in [1.29, 1.82) is 0 Å². The van der Waals surface area contributed by atoms with E-state index in [1.54, 1.807) is 12.4 Å². The molecule has 104 valence electrons. The molecule has 0 atom stereocenters. The molecule has 5 heteroatoms. The first-order valence-electron chi connectivity index (χ1n) is 6.72. The van der Waals surface area contributed by atoms with E-state index in [0.29, 0.717) is 0 Å². The van der Waals surface area contributed by atoms with Gasteiger partial charge in [0, 0.05) is 32.1 Å². The van der Waals surface area contributed by atoms with Crippen LogP contribution in [0.25, 0.3) is 0 Å². The van der Waals surface area contributed by atoms with Crippen molar-refractivity contribution in [3.63, 3.8) is 0 Å². The fraction of sp³-hybridized carbons (Fsp3) is 0.333. The minimum absolute atomic E-state index is 0.139. The zero-order valence-electron chi connectivity index (χ0n) is 11.1. The molecule has 0 aromatic carbocycles. The lowest BCUT2D eigenvalue weighted by Gasteiger charge is -2.31. The summed E-state index contributed by atoms with van der Waals surface area (Å²) in [6, 6.07) is 7.57. The molecule has 0 bridgehead atoms. The molecule has 1 aliphatic heterocycles. The van der Waals surface area contributed by atoms with Gasteiger partial charge >= 0.3 is 0 Å². The second kappa shape index (κ2) is 6.05. The van der Waals surface area contributed by atoms with Crippen molar-refractivity contribution < 1.29 is 9.53 Å². The van der Waals surface area contributed by atoms with Crippen LogP contribution in [0.3, 0.4) is 0 Å². The van der Waals surface area contributed by atoms with E-state index < -0.39 is 0 Å². The highest BCUT2D eigenvalue weighted by Crippen LogP contribution is 2.20. The van der Waals surface area contributed by atoms with E-state index in [0.717, 1.165) is 36.6 Å². The number of piperidine rings is 1. The van der Waals surface area contributed by atoms with E-state index >= 15 is 0 Å². The molecule has 4 nitrogen and oxygen atoms in total. The Kier molecular flexibility index (Phi) is 3.97. The van der Waals surface area contributed by atoms with E-state index in [2.05, 4.69) is 4.98 Å². The third kappa shape index (κ3) is 2.99. The standard InChI is InChI=1S/C15H16N2O2S/c18-15(14-4-2-10-20-14)17-8-5-12(6-9-17)19-13-3-1-7-16-11-13/h1-4,7,10-12H,5-6,8-9H2. The number of pyridine rings is 1. The summed E-state index contributed by atoms with van der Waals surface area (Å²) >= 11 is 1.50. The summed E-state index contributed by atoms with van der Waals surface area (Å²) in [5.74, 6) is 0.940. The van der Waals surface area contributed by atoms with Crippen LogP contribution in [0.1, 0.15) is 22.5 Å². The maximum absolute atomic E-state index is 12.2. The van der Waals surface area contributed by atoms with Crippen LogP contribution in [0.2, 0.25) is 0 Å². The Hall–Kier alpha value is -1.88. The van der Waals surface area contributed by atoms with Gasteiger partial charge in [0.25, 0.3) is 5.91 Å². The van der Waals surface area contributed by atoms with Crippen molar-refractivity contribution in [2.24, 2.45) is 0 Å². The Labute approximate surface area is 122 Å². The highest BCUT2D eigenvalue weighted by atomic mass is 32.1. The number of aromatic nitrogens is 1. The van der Waals surface area contributed by atoms with E-state index in [4.69, 9.17) is 4.74 Å².